The van der Waals surface area contributed by atoms with Crippen molar-refractivity contribution < 1.29 is 4.52 Å². The fourth-order valence-electron chi connectivity index (χ4n) is 1.81. The maximum Gasteiger partial charge on any atom is 0.250 e. The minimum absolute atomic E-state index is 0.0247. The predicted octanol–water partition coefficient (Wildman–Crippen LogP) is 1.24. The Hall–Kier alpha value is -1.88. The molecule has 0 aliphatic rings. The highest BCUT2D eigenvalue weighted by atomic mass is 16.5. The van der Waals surface area contributed by atoms with Gasteiger partial charge in [-0.3, -0.25) is 4.79 Å². The second-order valence-corrected chi connectivity index (χ2v) is 4.21. The maximum atomic E-state index is 11.5. The molecule has 96 valence electrons. The van der Waals surface area contributed by atoms with Crippen molar-refractivity contribution in [3.8, 4) is 0 Å². The van der Waals surface area contributed by atoms with Gasteiger partial charge in [0, 0.05) is 37.5 Å². The third kappa shape index (κ3) is 2.87. The summed E-state index contributed by atoms with van der Waals surface area (Å²) >= 11 is 0. The summed E-state index contributed by atoms with van der Waals surface area (Å²) in [6.07, 6.45) is 1.79. The van der Waals surface area contributed by atoms with Crippen LogP contribution in [0.4, 0.5) is 0 Å². The first-order chi connectivity index (χ1) is 8.68. The van der Waals surface area contributed by atoms with E-state index in [2.05, 4.69) is 10.5 Å². The van der Waals surface area contributed by atoms with Gasteiger partial charge in [-0.2, -0.15) is 0 Å². The number of aryl methyl sites for hydroxylation is 2. The van der Waals surface area contributed by atoms with E-state index in [-0.39, 0.29) is 5.56 Å². The van der Waals surface area contributed by atoms with Crippen LogP contribution in [0.5, 0.6) is 0 Å². The molecule has 0 amide bonds. The SMILES string of the molecule is Cc1noc(C)c1CNCCn1ccccc1=O. The molecule has 0 unspecified atom stereocenters. The third-order valence-corrected chi connectivity index (χ3v) is 2.91. The summed E-state index contributed by atoms with van der Waals surface area (Å²) in [5, 5.41) is 7.18. The van der Waals surface area contributed by atoms with E-state index < -0.39 is 0 Å². The second kappa shape index (κ2) is 5.64. The summed E-state index contributed by atoms with van der Waals surface area (Å²) < 4.78 is 6.77. The number of pyridine rings is 1. The zero-order valence-corrected chi connectivity index (χ0v) is 10.6. The van der Waals surface area contributed by atoms with E-state index in [0.717, 1.165) is 23.6 Å². The van der Waals surface area contributed by atoms with E-state index in [1.807, 2.05) is 19.9 Å². The molecular weight excluding hydrogens is 230 g/mol. The Labute approximate surface area is 105 Å². The van der Waals surface area contributed by atoms with Crippen LogP contribution >= 0.6 is 0 Å². The molecule has 0 aliphatic heterocycles. The lowest BCUT2D eigenvalue weighted by Crippen LogP contribution is -2.26. The average Bonchev–Trinajstić information content (AvgIpc) is 2.67. The van der Waals surface area contributed by atoms with Crippen LogP contribution in [0.25, 0.3) is 0 Å². The van der Waals surface area contributed by atoms with Crippen molar-refractivity contribution in [1.82, 2.24) is 15.0 Å². The van der Waals surface area contributed by atoms with Gasteiger partial charge in [-0.1, -0.05) is 11.2 Å². The molecule has 0 saturated carbocycles. The van der Waals surface area contributed by atoms with Crippen LogP contribution in [0.2, 0.25) is 0 Å². The fraction of sp³-hybridized carbons (Fsp3) is 0.385. The molecule has 2 heterocycles. The quantitative estimate of drug-likeness (QED) is 0.808. The molecular formula is C13H17N3O2. The molecule has 2 aromatic heterocycles. The highest BCUT2D eigenvalue weighted by molar-refractivity contribution is 5.20. The molecule has 0 aliphatic carbocycles. The van der Waals surface area contributed by atoms with Crippen LogP contribution in [-0.2, 0) is 13.1 Å². The second-order valence-electron chi connectivity index (χ2n) is 4.21. The van der Waals surface area contributed by atoms with E-state index in [0.29, 0.717) is 13.1 Å². The van der Waals surface area contributed by atoms with Gasteiger partial charge in [0.05, 0.1) is 5.69 Å². The van der Waals surface area contributed by atoms with Crippen molar-refractivity contribution in [3.05, 3.63) is 51.8 Å². The van der Waals surface area contributed by atoms with E-state index >= 15 is 0 Å². The molecule has 0 saturated heterocycles. The summed E-state index contributed by atoms with van der Waals surface area (Å²) in [5.41, 5.74) is 2.03. The Balaban J connectivity index is 1.84. The van der Waals surface area contributed by atoms with Gasteiger partial charge in [-0.05, 0) is 19.9 Å². The van der Waals surface area contributed by atoms with E-state index in [4.69, 9.17) is 4.52 Å². The van der Waals surface area contributed by atoms with Crippen LogP contribution in [-0.4, -0.2) is 16.3 Å². The molecule has 0 radical (unpaired) electrons. The first-order valence-corrected chi connectivity index (χ1v) is 5.96. The fourth-order valence-corrected chi connectivity index (χ4v) is 1.81. The number of nitrogens with one attached hydrogen (secondary N) is 1. The highest BCUT2D eigenvalue weighted by Gasteiger charge is 2.07. The summed E-state index contributed by atoms with van der Waals surface area (Å²) in [6, 6.07) is 5.17. The van der Waals surface area contributed by atoms with E-state index in [9.17, 15) is 4.79 Å². The van der Waals surface area contributed by atoms with E-state index in [1.54, 1.807) is 22.9 Å². The van der Waals surface area contributed by atoms with Crippen LogP contribution in [0.3, 0.4) is 0 Å². The molecule has 2 rings (SSSR count). The zero-order chi connectivity index (χ0) is 13.0. The van der Waals surface area contributed by atoms with E-state index in [1.165, 1.54) is 0 Å². The third-order valence-electron chi connectivity index (χ3n) is 2.91. The number of aromatic nitrogens is 2. The monoisotopic (exact) mass is 247 g/mol. The maximum absolute atomic E-state index is 11.5. The van der Waals surface area contributed by atoms with Crippen LogP contribution in [0, 0.1) is 13.8 Å². The van der Waals surface area contributed by atoms with Gasteiger partial charge in [0.2, 0.25) is 0 Å². The van der Waals surface area contributed by atoms with Gasteiger partial charge in [0.25, 0.3) is 5.56 Å². The first kappa shape index (κ1) is 12.6. The number of rotatable bonds is 5. The number of hydrogen-bond donors (Lipinski definition) is 1. The molecule has 0 atom stereocenters. The van der Waals surface area contributed by atoms with Crippen molar-refractivity contribution in [2.24, 2.45) is 0 Å². The highest BCUT2D eigenvalue weighted by Crippen LogP contribution is 2.11. The molecule has 0 spiro atoms. The van der Waals surface area contributed by atoms with Crippen LogP contribution in [0.15, 0.2) is 33.7 Å². The lowest BCUT2D eigenvalue weighted by atomic mass is 10.2. The lowest BCUT2D eigenvalue weighted by Gasteiger charge is -2.06. The number of nitrogens with zero attached hydrogens (tertiary/aromatic N) is 2. The molecule has 1 N–H and O–H groups in total. The van der Waals surface area contributed by atoms with Crippen molar-refractivity contribution in [1.29, 1.82) is 0 Å². The standard InChI is InChI=1S/C13H17N3O2/c1-10-12(11(2)18-15-10)9-14-6-8-16-7-4-3-5-13(16)17/h3-5,7,14H,6,8-9H2,1-2H3. The molecule has 0 aromatic carbocycles. The van der Waals surface area contributed by atoms with Crippen LogP contribution < -0.4 is 10.9 Å². The van der Waals surface area contributed by atoms with Gasteiger partial charge in [0.1, 0.15) is 5.76 Å². The van der Waals surface area contributed by atoms with Gasteiger partial charge in [0.15, 0.2) is 0 Å². The minimum atomic E-state index is 0.0247. The zero-order valence-electron chi connectivity index (χ0n) is 10.6. The van der Waals surface area contributed by atoms with Gasteiger partial charge in [-0.25, -0.2) is 0 Å². The summed E-state index contributed by atoms with van der Waals surface area (Å²) in [4.78, 5) is 11.5. The Morgan fingerprint density at radius 3 is 2.89 bits per heavy atom. The smallest absolute Gasteiger partial charge is 0.250 e. The molecule has 18 heavy (non-hydrogen) atoms. The van der Waals surface area contributed by atoms with Crippen molar-refractivity contribution in [2.75, 3.05) is 6.54 Å². The van der Waals surface area contributed by atoms with Gasteiger partial charge >= 0.3 is 0 Å². The molecule has 0 fully saturated rings. The van der Waals surface area contributed by atoms with Crippen molar-refractivity contribution in [3.63, 3.8) is 0 Å². The Bertz CT molecular complexity index is 552. The topological polar surface area (TPSA) is 60.1 Å². The Kier molecular flexibility index (Phi) is 3.94. The summed E-state index contributed by atoms with van der Waals surface area (Å²) in [7, 11) is 0. The molecule has 0 bridgehead atoms. The molecule has 5 heteroatoms. The lowest BCUT2D eigenvalue weighted by molar-refractivity contribution is 0.391. The van der Waals surface area contributed by atoms with Crippen molar-refractivity contribution >= 4 is 0 Å². The number of hydrogen-bond acceptors (Lipinski definition) is 4. The molecule has 2 aromatic rings. The first-order valence-electron chi connectivity index (χ1n) is 5.96. The molecule has 5 nitrogen and oxygen atoms in total. The normalized spacial score (nSPS) is 10.8. The Morgan fingerprint density at radius 1 is 1.39 bits per heavy atom. The minimum Gasteiger partial charge on any atom is -0.361 e. The van der Waals surface area contributed by atoms with Gasteiger partial charge in [-0.15, -0.1) is 0 Å². The summed E-state index contributed by atoms with van der Waals surface area (Å²) in [5.74, 6) is 0.844. The van der Waals surface area contributed by atoms with Gasteiger partial charge < -0.3 is 14.4 Å². The Morgan fingerprint density at radius 2 is 2.22 bits per heavy atom. The van der Waals surface area contributed by atoms with Crippen molar-refractivity contribution in [2.45, 2.75) is 26.9 Å². The average molecular weight is 247 g/mol. The largest absolute Gasteiger partial charge is 0.361 e. The summed E-state index contributed by atoms with van der Waals surface area (Å²) in [6.45, 7) is 5.92. The predicted molar refractivity (Wildman–Crippen MR) is 68.4 cm³/mol. The van der Waals surface area contributed by atoms with Crippen LogP contribution in [0.1, 0.15) is 17.0 Å².